The maximum atomic E-state index is 11.3. The third-order valence-corrected chi connectivity index (χ3v) is 3.00. The monoisotopic (exact) mass is 204 g/mol. The lowest BCUT2D eigenvalue weighted by atomic mass is 9.87. The Labute approximate surface area is 90.3 Å². The number of carbonyl (C=O) groups excluding carboxylic acids is 1. The van der Waals surface area contributed by atoms with Crippen molar-refractivity contribution in [3.63, 3.8) is 0 Å². The summed E-state index contributed by atoms with van der Waals surface area (Å²) in [5, 5.41) is 0. The fourth-order valence-electron chi connectivity index (χ4n) is 2.29. The van der Waals surface area contributed by atoms with Crippen LogP contribution in [0.15, 0.2) is 30.3 Å². The molecule has 0 N–H and O–H groups in total. The van der Waals surface area contributed by atoms with Gasteiger partial charge in [0.25, 0.3) is 0 Å². The molecular weight excluding hydrogens is 188 g/mol. The fraction of sp³-hybridized carbons (Fsp3) is 0.462. The Bertz CT molecular complexity index is 345. The normalized spacial score (nSPS) is 25.3. The number of esters is 1. The smallest absolute Gasteiger partial charge is 0.306 e. The first-order chi connectivity index (χ1) is 7.27. The molecule has 1 atom stereocenters. The van der Waals surface area contributed by atoms with Crippen molar-refractivity contribution in [3.8, 4) is 0 Å². The average molecular weight is 204 g/mol. The minimum atomic E-state index is -0.340. The van der Waals surface area contributed by atoms with Gasteiger partial charge in [0, 0.05) is 12.8 Å². The van der Waals surface area contributed by atoms with Gasteiger partial charge in [0.15, 0.2) is 0 Å². The first kappa shape index (κ1) is 10.2. The molecule has 0 bridgehead atoms. The summed E-state index contributed by atoms with van der Waals surface area (Å²) in [5.41, 5.74) is 0.797. The second-order valence-corrected chi connectivity index (χ2v) is 4.08. The van der Waals surface area contributed by atoms with E-state index >= 15 is 0 Å². The van der Waals surface area contributed by atoms with Gasteiger partial charge in [-0.2, -0.15) is 0 Å². The van der Waals surface area contributed by atoms with Crippen LogP contribution in [0.3, 0.4) is 0 Å². The maximum Gasteiger partial charge on any atom is 0.306 e. The standard InChI is InChI=1S/C13H16O2/c1-2-9-13(10-8-12(14)15-13)11-6-4-3-5-7-11/h3-7H,2,8-10H2,1H3/t13-/m1/s1. The lowest BCUT2D eigenvalue weighted by Gasteiger charge is -2.27. The molecule has 1 aliphatic rings. The van der Waals surface area contributed by atoms with Crippen molar-refractivity contribution in [2.75, 3.05) is 0 Å². The summed E-state index contributed by atoms with van der Waals surface area (Å²) in [7, 11) is 0. The molecule has 1 saturated heterocycles. The Morgan fingerprint density at radius 3 is 2.60 bits per heavy atom. The van der Waals surface area contributed by atoms with Crippen LogP contribution in [-0.2, 0) is 15.1 Å². The van der Waals surface area contributed by atoms with E-state index < -0.39 is 0 Å². The molecule has 0 amide bonds. The van der Waals surface area contributed by atoms with Crippen LogP contribution in [0, 0.1) is 0 Å². The highest BCUT2D eigenvalue weighted by molar-refractivity contribution is 5.72. The Balaban J connectivity index is 2.31. The van der Waals surface area contributed by atoms with Gasteiger partial charge in [0.05, 0.1) is 0 Å². The van der Waals surface area contributed by atoms with E-state index in [4.69, 9.17) is 4.74 Å². The van der Waals surface area contributed by atoms with Crippen LogP contribution in [-0.4, -0.2) is 5.97 Å². The van der Waals surface area contributed by atoms with Crippen LogP contribution in [0.1, 0.15) is 38.2 Å². The molecule has 80 valence electrons. The molecule has 0 aliphatic carbocycles. The van der Waals surface area contributed by atoms with Crippen LogP contribution >= 0.6 is 0 Å². The molecule has 0 radical (unpaired) electrons. The zero-order valence-corrected chi connectivity index (χ0v) is 9.03. The highest BCUT2D eigenvalue weighted by Crippen LogP contribution is 2.40. The molecule has 1 aromatic carbocycles. The van der Waals surface area contributed by atoms with E-state index in [0.29, 0.717) is 6.42 Å². The molecule has 0 aromatic heterocycles. The van der Waals surface area contributed by atoms with Gasteiger partial charge in [-0.25, -0.2) is 0 Å². The Hall–Kier alpha value is -1.31. The van der Waals surface area contributed by atoms with Gasteiger partial charge in [-0.15, -0.1) is 0 Å². The van der Waals surface area contributed by atoms with Crippen molar-refractivity contribution in [1.29, 1.82) is 0 Å². The molecule has 0 spiro atoms. The molecule has 15 heavy (non-hydrogen) atoms. The van der Waals surface area contributed by atoms with Crippen molar-refractivity contribution in [2.45, 2.75) is 38.2 Å². The summed E-state index contributed by atoms with van der Waals surface area (Å²) in [4.78, 5) is 11.3. The predicted molar refractivity (Wildman–Crippen MR) is 58.4 cm³/mol. The molecule has 0 unspecified atom stereocenters. The molecule has 1 aromatic rings. The first-order valence-electron chi connectivity index (χ1n) is 5.54. The minimum Gasteiger partial charge on any atom is -0.454 e. The van der Waals surface area contributed by atoms with E-state index in [1.54, 1.807) is 0 Å². The SMILES string of the molecule is CCC[C@]1(c2ccccc2)CCC(=O)O1. The zero-order valence-electron chi connectivity index (χ0n) is 9.03. The second-order valence-electron chi connectivity index (χ2n) is 4.08. The Morgan fingerprint density at radius 1 is 1.33 bits per heavy atom. The van der Waals surface area contributed by atoms with Crippen molar-refractivity contribution < 1.29 is 9.53 Å². The lowest BCUT2D eigenvalue weighted by Crippen LogP contribution is -2.25. The molecular formula is C13H16O2. The van der Waals surface area contributed by atoms with E-state index in [2.05, 4.69) is 6.92 Å². The van der Waals surface area contributed by atoms with Gasteiger partial charge in [0.1, 0.15) is 5.60 Å². The Kier molecular flexibility index (Phi) is 2.76. The predicted octanol–water partition coefficient (Wildman–Crippen LogP) is 3.02. The first-order valence-corrected chi connectivity index (χ1v) is 5.54. The summed E-state index contributed by atoms with van der Waals surface area (Å²) in [6.07, 6.45) is 3.32. The number of hydrogen-bond donors (Lipinski definition) is 0. The van der Waals surface area contributed by atoms with Gasteiger partial charge >= 0.3 is 5.97 Å². The highest BCUT2D eigenvalue weighted by Gasteiger charge is 2.40. The van der Waals surface area contributed by atoms with Crippen molar-refractivity contribution in [2.24, 2.45) is 0 Å². The van der Waals surface area contributed by atoms with Crippen LogP contribution in [0.2, 0.25) is 0 Å². The molecule has 2 nitrogen and oxygen atoms in total. The summed E-state index contributed by atoms with van der Waals surface area (Å²) in [6, 6.07) is 10.1. The minimum absolute atomic E-state index is 0.0627. The maximum absolute atomic E-state index is 11.3. The van der Waals surface area contributed by atoms with Crippen LogP contribution in [0.5, 0.6) is 0 Å². The van der Waals surface area contributed by atoms with Gasteiger partial charge in [0.2, 0.25) is 0 Å². The van der Waals surface area contributed by atoms with E-state index in [9.17, 15) is 4.79 Å². The van der Waals surface area contributed by atoms with Crippen LogP contribution < -0.4 is 0 Å². The quantitative estimate of drug-likeness (QED) is 0.707. The van der Waals surface area contributed by atoms with E-state index in [1.165, 1.54) is 0 Å². The number of cyclic esters (lactones) is 1. The van der Waals surface area contributed by atoms with E-state index in [1.807, 2.05) is 30.3 Å². The van der Waals surface area contributed by atoms with E-state index in [0.717, 1.165) is 24.8 Å². The van der Waals surface area contributed by atoms with Gasteiger partial charge in [-0.05, 0) is 12.0 Å². The fourth-order valence-corrected chi connectivity index (χ4v) is 2.29. The largest absolute Gasteiger partial charge is 0.454 e. The zero-order chi connectivity index (χ0) is 10.7. The lowest BCUT2D eigenvalue weighted by molar-refractivity contribution is -0.149. The topological polar surface area (TPSA) is 26.3 Å². The third kappa shape index (κ3) is 1.89. The summed E-state index contributed by atoms with van der Waals surface area (Å²) >= 11 is 0. The number of hydrogen-bond acceptors (Lipinski definition) is 2. The molecule has 2 heteroatoms. The summed E-state index contributed by atoms with van der Waals surface area (Å²) < 4.78 is 5.54. The molecule has 0 saturated carbocycles. The number of ether oxygens (including phenoxy) is 1. The van der Waals surface area contributed by atoms with Gasteiger partial charge in [-0.3, -0.25) is 4.79 Å². The van der Waals surface area contributed by atoms with Gasteiger partial charge < -0.3 is 4.74 Å². The van der Waals surface area contributed by atoms with Gasteiger partial charge in [-0.1, -0.05) is 43.7 Å². The number of benzene rings is 1. The molecule has 1 aliphatic heterocycles. The summed E-state index contributed by atoms with van der Waals surface area (Å²) in [5.74, 6) is -0.0627. The van der Waals surface area contributed by atoms with Crippen LogP contribution in [0.25, 0.3) is 0 Å². The number of carbonyl (C=O) groups is 1. The van der Waals surface area contributed by atoms with E-state index in [-0.39, 0.29) is 11.6 Å². The third-order valence-electron chi connectivity index (χ3n) is 3.00. The second kappa shape index (κ2) is 4.05. The molecule has 1 heterocycles. The van der Waals surface area contributed by atoms with Crippen molar-refractivity contribution in [3.05, 3.63) is 35.9 Å². The molecule has 2 rings (SSSR count). The van der Waals surface area contributed by atoms with Crippen LogP contribution in [0.4, 0.5) is 0 Å². The average Bonchev–Trinajstić information content (AvgIpc) is 2.63. The highest BCUT2D eigenvalue weighted by atomic mass is 16.6. The molecule has 1 fully saturated rings. The van der Waals surface area contributed by atoms with Crippen molar-refractivity contribution in [1.82, 2.24) is 0 Å². The summed E-state index contributed by atoms with van der Waals surface area (Å²) in [6.45, 7) is 2.12. The Morgan fingerprint density at radius 2 is 2.07 bits per heavy atom. The van der Waals surface area contributed by atoms with Crippen molar-refractivity contribution >= 4 is 5.97 Å². The number of rotatable bonds is 3.